The van der Waals surface area contributed by atoms with Gasteiger partial charge in [0, 0.05) is 57.7 Å². The Morgan fingerprint density at radius 1 is 1.20 bits per heavy atom. The summed E-state index contributed by atoms with van der Waals surface area (Å²) in [6.45, 7) is 11.4. The molecule has 5 heterocycles. The third-order valence-corrected chi connectivity index (χ3v) is 11.0. The van der Waals surface area contributed by atoms with Crippen LogP contribution >= 0.6 is 11.3 Å². The standard InChI is InChI=1S/C29H43N5O5S/c1-5-23(29(17-39-29)34-8-6-7-19(11-34)13-38-4)31-24(35)21-12-32(26(37)22-10-30-18-40-22)14-28(21)15-33(16-28)25(36)20-9-27(20,2)3/h10,18-21,23H,5-9,11-17H2,1-4H3,(H,31,35)/t19-,20+,21-,23?,29?/m0/s1. The molecule has 6 rings (SSSR count). The summed E-state index contributed by atoms with van der Waals surface area (Å²) in [6.07, 6.45) is 5.49. The Hall–Kier alpha value is -2.08. The molecule has 4 saturated heterocycles. The van der Waals surface area contributed by atoms with Gasteiger partial charge in [-0.05, 0) is 37.0 Å². The van der Waals surface area contributed by atoms with Crippen LogP contribution in [0.4, 0.5) is 0 Å². The lowest BCUT2D eigenvalue weighted by atomic mass is 9.70. The lowest BCUT2D eigenvalue weighted by Gasteiger charge is -2.51. The number of nitrogens with one attached hydrogen (secondary N) is 1. The van der Waals surface area contributed by atoms with Gasteiger partial charge in [0.05, 0.1) is 36.9 Å². The van der Waals surface area contributed by atoms with Crippen molar-refractivity contribution in [1.29, 1.82) is 0 Å². The smallest absolute Gasteiger partial charge is 0.265 e. The molecule has 1 aromatic heterocycles. The number of hydrogen-bond acceptors (Lipinski definition) is 8. The molecule has 0 radical (unpaired) electrons. The van der Waals surface area contributed by atoms with Gasteiger partial charge in [-0.25, -0.2) is 0 Å². The molecule has 4 aliphatic heterocycles. The van der Waals surface area contributed by atoms with Gasteiger partial charge in [0.25, 0.3) is 5.91 Å². The minimum absolute atomic E-state index is 0.0365. The fraction of sp³-hybridized carbons (Fsp3) is 0.793. The van der Waals surface area contributed by atoms with Crippen molar-refractivity contribution in [3.05, 3.63) is 16.6 Å². The lowest BCUT2D eigenvalue weighted by Crippen LogP contribution is -2.65. The van der Waals surface area contributed by atoms with Crippen molar-refractivity contribution in [3.8, 4) is 0 Å². The first-order chi connectivity index (χ1) is 19.1. The van der Waals surface area contributed by atoms with Crippen LogP contribution in [0.1, 0.15) is 56.1 Å². The molecule has 5 atom stereocenters. The number of hydrogen-bond donors (Lipinski definition) is 1. The minimum atomic E-state index is -0.472. The average Bonchev–Trinajstić information content (AvgIpc) is 3.68. The normalized spacial score (nSPS) is 33.0. The van der Waals surface area contributed by atoms with Crippen LogP contribution in [0.2, 0.25) is 0 Å². The predicted molar refractivity (Wildman–Crippen MR) is 149 cm³/mol. The zero-order valence-corrected chi connectivity index (χ0v) is 25.0. The van der Waals surface area contributed by atoms with Gasteiger partial charge >= 0.3 is 0 Å². The Balaban J connectivity index is 1.17. The molecule has 5 aliphatic rings. The Morgan fingerprint density at radius 2 is 1.93 bits per heavy atom. The quantitative estimate of drug-likeness (QED) is 0.451. The van der Waals surface area contributed by atoms with Gasteiger partial charge in [-0.1, -0.05) is 20.8 Å². The van der Waals surface area contributed by atoms with Gasteiger partial charge in [-0.2, -0.15) is 0 Å². The van der Waals surface area contributed by atoms with Crippen molar-refractivity contribution < 1.29 is 23.9 Å². The zero-order valence-electron chi connectivity index (χ0n) is 24.2. The van der Waals surface area contributed by atoms with E-state index in [0.29, 0.717) is 43.6 Å². The largest absolute Gasteiger partial charge is 0.384 e. The second-order valence-electron chi connectivity index (χ2n) is 13.4. The maximum Gasteiger partial charge on any atom is 0.265 e. The second kappa shape index (κ2) is 10.3. The molecule has 1 saturated carbocycles. The van der Waals surface area contributed by atoms with Gasteiger partial charge < -0.3 is 24.6 Å². The summed E-state index contributed by atoms with van der Waals surface area (Å²) in [7, 11) is 1.75. The summed E-state index contributed by atoms with van der Waals surface area (Å²) < 4.78 is 11.6. The van der Waals surface area contributed by atoms with E-state index in [1.165, 1.54) is 11.3 Å². The Labute approximate surface area is 240 Å². The number of methoxy groups -OCH3 is 1. The molecule has 40 heavy (non-hydrogen) atoms. The van der Waals surface area contributed by atoms with Crippen molar-refractivity contribution in [1.82, 2.24) is 25.0 Å². The summed E-state index contributed by atoms with van der Waals surface area (Å²) in [6, 6.07) is -0.144. The molecule has 5 fully saturated rings. The number of amides is 3. The second-order valence-corrected chi connectivity index (χ2v) is 14.3. The summed E-state index contributed by atoms with van der Waals surface area (Å²) in [5.74, 6) is 0.216. The highest BCUT2D eigenvalue weighted by Crippen LogP contribution is 2.55. The summed E-state index contributed by atoms with van der Waals surface area (Å²) >= 11 is 1.32. The highest BCUT2D eigenvalue weighted by molar-refractivity contribution is 7.11. The van der Waals surface area contributed by atoms with E-state index in [9.17, 15) is 14.4 Å². The van der Waals surface area contributed by atoms with Crippen molar-refractivity contribution in [2.24, 2.45) is 28.6 Å². The monoisotopic (exact) mass is 573 g/mol. The van der Waals surface area contributed by atoms with E-state index < -0.39 is 11.1 Å². The first-order valence-electron chi connectivity index (χ1n) is 14.8. The molecule has 0 bridgehead atoms. The number of nitrogens with zero attached hydrogens (tertiary/aromatic N) is 4. The Bertz CT molecular complexity index is 1130. The van der Waals surface area contributed by atoms with E-state index in [1.807, 2.05) is 4.90 Å². The number of piperidine rings is 1. The van der Waals surface area contributed by atoms with Crippen LogP contribution in [0.15, 0.2) is 11.7 Å². The van der Waals surface area contributed by atoms with Crippen LogP contribution in [-0.4, -0.2) is 109 Å². The third kappa shape index (κ3) is 4.86. The number of rotatable bonds is 9. The van der Waals surface area contributed by atoms with Gasteiger partial charge in [0.1, 0.15) is 4.88 Å². The molecule has 220 valence electrons. The number of aromatic nitrogens is 1. The maximum absolute atomic E-state index is 14.1. The minimum Gasteiger partial charge on any atom is -0.384 e. The van der Waals surface area contributed by atoms with Gasteiger partial charge in [-0.15, -0.1) is 11.3 Å². The Morgan fingerprint density at radius 3 is 2.52 bits per heavy atom. The number of epoxide rings is 1. The molecule has 0 aromatic carbocycles. The SMILES string of the molecule is CCC(NC(=O)[C@@H]1CN(C(=O)c2cncs2)CC12CN(C(=O)[C@H]1CC1(C)C)C2)C1(N2CCC[C@H](COC)C2)CO1. The topological polar surface area (TPSA) is 108 Å². The van der Waals surface area contributed by atoms with Gasteiger partial charge in [0.2, 0.25) is 11.8 Å². The van der Waals surface area contributed by atoms with Crippen LogP contribution in [0.25, 0.3) is 0 Å². The summed E-state index contributed by atoms with van der Waals surface area (Å²) in [4.78, 5) is 51.3. The molecule has 1 spiro atoms. The first-order valence-corrected chi connectivity index (χ1v) is 15.7. The summed E-state index contributed by atoms with van der Waals surface area (Å²) in [5.41, 5.74) is 0.816. The van der Waals surface area contributed by atoms with E-state index in [2.05, 4.69) is 36.0 Å². The van der Waals surface area contributed by atoms with E-state index in [1.54, 1.807) is 23.7 Å². The van der Waals surface area contributed by atoms with Crippen LogP contribution in [-0.2, 0) is 19.1 Å². The third-order valence-electron chi connectivity index (χ3n) is 10.2. The molecule has 10 nitrogen and oxygen atoms in total. The van der Waals surface area contributed by atoms with Crippen LogP contribution in [0, 0.1) is 28.6 Å². The summed E-state index contributed by atoms with van der Waals surface area (Å²) in [5, 5.41) is 3.38. The fourth-order valence-corrected chi connectivity index (χ4v) is 8.11. The predicted octanol–water partition coefficient (Wildman–Crippen LogP) is 2.07. The zero-order chi connectivity index (χ0) is 28.3. The number of carbonyl (C=O) groups excluding carboxylic acids is 3. The van der Waals surface area contributed by atoms with E-state index in [0.717, 1.165) is 45.4 Å². The number of carbonyl (C=O) groups is 3. The number of likely N-dealkylation sites (tertiary alicyclic amines) is 3. The molecule has 1 N–H and O–H groups in total. The number of ether oxygens (including phenoxy) is 2. The maximum atomic E-state index is 14.1. The molecule has 1 aliphatic carbocycles. The van der Waals surface area contributed by atoms with E-state index in [-0.39, 0.29) is 41.0 Å². The Kier molecular flexibility index (Phi) is 7.24. The fourth-order valence-electron chi connectivity index (χ4n) is 7.53. The molecule has 2 unspecified atom stereocenters. The molecule has 1 aromatic rings. The highest BCUT2D eigenvalue weighted by Gasteiger charge is 2.63. The van der Waals surface area contributed by atoms with Crippen molar-refractivity contribution in [3.63, 3.8) is 0 Å². The van der Waals surface area contributed by atoms with E-state index >= 15 is 0 Å². The van der Waals surface area contributed by atoms with Crippen molar-refractivity contribution >= 4 is 29.1 Å². The molecule has 3 amide bonds. The lowest BCUT2D eigenvalue weighted by molar-refractivity contribution is -0.152. The molecule has 11 heteroatoms. The molecular weight excluding hydrogens is 530 g/mol. The van der Waals surface area contributed by atoms with Gasteiger partial charge in [0.15, 0.2) is 5.72 Å². The van der Waals surface area contributed by atoms with Crippen molar-refractivity contribution in [2.45, 2.75) is 58.2 Å². The highest BCUT2D eigenvalue weighted by atomic mass is 32.1. The average molecular weight is 574 g/mol. The van der Waals surface area contributed by atoms with Gasteiger partial charge in [-0.3, -0.25) is 24.3 Å². The van der Waals surface area contributed by atoms with Crippen LogP contribution in [0.5, 0.6) is 0 Å². The van der Waals surface area contributed by atoms with Crippen molar-refractivity contribution in [2.75, 3.05) is 59.6 Å². The van der Waals surface area contributed by atoms with E-state index in [4.69, 9.17) is 9.47 Å². The first kappa shape index (κ1) is 28.1. The van der Waals surface area contributed by atoms with Crippen LogP contribution < -0.4 is 5.32 Å². The number of thiazole rings is 1. The molecular formula is C29H43N5O5S. The van der Waals surface area contributed by atoms with Crippen LogP contribution in [0.3, 0.4) is 0 Å².